The fourth-order valence-electron chi connectivity index (χ4n) is 1.67. The van der Waals surface area contributed by atoms with Crippen LogP contribution in [0.2, 0.25) is 0 Å². The van der Waals surface area contributed by atoms with Crippen LogP contribution in [0.4, 0.5) is 10.2 Å². The van der Waals surface area contributed by atoms with Crippen molar-refractivity contribution in [1.82, 2.24) is 9.97 Å². The Hall–Kier alpha value is -1.62. The molecular formula is C14H16FN3S. The minimum absolute atomic E-state index is 0.229. The van der Waals surface area contributed by atoms with Crippen molar-refractivity contribution in [2.45, 2.75) is 30.7 Å². The van der Waals surface area contributed by atoms with Crippen LogP contribution in [0.5, 0.6) is 0 Å². The van der Waals surface area contributed by atoms with Gasteiger partial charge in [-0.2, -0.15) is 0 Å². The van der Waals surface area contributed by atoms with Crippen LogP contribution >= 0.6 is 11.8 Å². The minimum Gasteiger partial charge on any atom is -0.370 e. The molecule has 0 aliphatic rings. The first kappa shape index (κ1) is 13.8. The first-order chi connectivity index (χ1) is 9.11. The molecule has 2 aromatic rings. The molecule has 0 saturated carbocycles. The standard InChI is InChI=1S/C14H16FN3S/c1-4-16-13-9(2)14(18-10(3)17-13)19-12-8-6-5-7-11(12)15/h5-8H,4H2,1-3H3,(H,16,17,18). The molecule has 1 aromatic carbocycles. The number of nitrogens with one attached hydrogen (secondary N) is 1. The highest BCUT2D eigenvalue weighted by molar-refractivity contribution is 7.99. The van der Waals surface area contributed by atoms with Crippen molar-refractivity contribution in [3.05, 3.63) is 41.5 Å². The zero-order chi connectivity index (χ0) is 13.8. The van der Waals surface area contributed by atoms with Crippen molar-refractivity contribution in [3.8, 4) is 0 Å². The molecule has 100 valence electrons. The molecule has 19 heavy (non-hydrogen) atoms. The molecule has 0 aliphatic heterocycles. The van der Waals surface area contributed by atoms with Crippen LogP contribution in [0.15, 0.2) is 34.2 Å². The molecule has 0 unspecified atom stereocenters. The highest BCUT2D eigenvalue weighted by Gasteiger charge is 2.12. The van der Waals surface area contributed by atoms with E-state index in [1.165, 1.54) is 17.8 Å². The second kappa shape index (κ2) is 6.02. The molecule has 0 spiro atoms. The molecule has 5 heteroatoms. The van der Waals surface area contributed by atoms with Crippen molar-refractivity contribution in [2.75, 3.05) is 11.9 Å². The van der Waals surface area contributed by atoms with Gasteiger partial charge in [-0.3, -0.25) is 0 Å². The summed E-state index contributed by atoms with van der Waals surface area (Å²) in [5, 5.41) is 3.98. The van der Waals surface area contributed by atoms with E-state index in [1.54, 1.807) is 12.1 Å². The minimum atomic E-state index is -0.229. The molecule has 0 bridgehead atoms. The van der Waals surface area contributed by atoms with E-state index in [9.17, 15) is 4.39 Å². The Morgan fingerprint density at radius 1 is 1.21 bits per heavy atom. The number of hydrogen-bond donors (Lipinski definition) is 1. The summed E-state index contributed by atoms with van der Waals surface area (Å²) in [5.41, 5.74) is 0.945. The molecule has 0 saturated heterocycles. The number of hydrogen-bond acceptors (Lipinski definition) is 4. The second-order valence-electron chi connectivity index (χ2n) is 4.11. The van der Waals surface area contributed by atoms with Gasteiger partial charge < -0.3 is 5.32 Å². The van der Waals surface area contributed by atoms with Crippen LogP contribution in [-0.2, 0) is 0 Å². The Morgan fingerprint density at radius 2 is 1.95 bits per heavy atom. The van der Waals surface area contributed by atoms with E-state index in [2.05, 4.69) is 15.3 Å². The summed E-state index contributed by atoms with van der Waals surface area (Å²) in [6.45, 7) is 6.59. The SMILES string of the molecule is CCNc1nc(C)nc(Sc2ccccc2F)c1C. The molecule has 0 amide bonds. The van der Waals surface area contributed by atoms with E-state index in [-0.39, 0.29) is 5.82 Å². The third kappa shape index (κ3) is 3.23. The van der Waals surface area contributed by atoms with Gasteiger partial charge in [0.1, 0.15) is 22.5 Å². The van der Waals surface area contributed by atoms with Crippen LogP contribution < -0.4 is 5.32 Å². The first-order valence-corrected chi connectivity index (χ1v) is 6.95. The van der Waals surface area contributed by atoms with E-state index in [0.717, 1.165) is 23.0 Å². The molecule has 2 rings (SSSR count). The molecule has 1 heterocycles. The monoisotopic (exact) mass is 277 g/mol. The lowest BCUT2D eigenvalue weighted by molar-refractivity contribution is 0.602. The zero-order valence-corrected chi connectivity index (χ0v) is 12.0. The highest BCUT2D eigenvalue weighted by atomic mass is 32.2. The second-order valence-corrected chi connectivity index (χ2v) is 5.14. The number of aromatic nitrogens is 2. The molecule has 0 radical (unpaired) electrons. The predicted octanol–water partition coefficient (Wildman–Crippen LogP) is 3.82. The van der Waals surface area contributed by atoms with Gasteiger partial charge in [0, 0.05) is 17.0 Å². The maximum atomic E-state index is 13.7. The van der Waals surface area contributed by atoms with Gasteiger partial charge in [-0.05, 0) is 32.9 Å². The summed E-state index contributed by atoms with van der Waals surface area (Å²) >= 11 is 1.33. The molecule has 0 atom stereocenters. The van der Waals surface area contributed by atoms with Crippen LogP contribution in [0, 0.1) is 19.7 Å². The average molecular weight is 277 g/mol. The van der Waals surface area contributed by atoms with Crippen molar-refractivity contribution in [2.24, 2.45) is 0 Å². The molecule has 1 aromatic heterocycles. The van der Waals surface area contributed by atoms with Gasteiger partial charge in [0.2, 0.25) is 0 Å². The zero-order valence-electron chi connectivity index (χ0n) is 11.2. The van der Waals surface area contributed by atoms with E-state index in [4.69, 9.17) is 0 Å². The van der Waals surface area contributed by atoms with Crippen LogP contribution in [0.3, 0.4) is 0 Å². The lowest BCUT2D eigenvalue weighted by atomic mass is 10.3. The van der Waals surface area contributed by atoms with Gasteiger partial charge in [0.05, 0.1) is 0 Å². The lowest BCUT2D eigenvalue weighted by Gasteiger charge is -2.11. The molecule has 0 fully saturated rings. The Kier molecular flexibility index (Phi) is 4.37. The number of anilines is 1. The van der Waals surface area contributed by atoms with Gasteiger partial charge in [-0.15, -0.1) is 0 Å². The Balaban J connectivity index is 2.37. The normalized spacial score (nSPS) is 10.5. The fourth-order valence-corrected chi connectivity index (χ4v) is 2.62. The van der Waals surface area contributed by atoms with E-state index >= 15 is 0 Å². The van der Waals surface area contributed by atoms with E-state index < -0.39 is 0 Å². The maximum absolute atomic E-state index is 13.7. The van der Waals surface area contributed by atoms with Gasteiger partial charge >= 0.3 is 0 Å². The van der Waals surface area contributed by atoms with Gasteiger partial charge in [-0.1, -0.05) is 23.9 Å². The summed E-state index contributed by atoms with van der Waals surface area (Å²) in [5.74, 6) is 1.27. The van der Waals surface area contributed by atoms with Crippen LogP contribution in [-0.4, -0.2) is 16.5 Å². The van der Waals surface area contributed by atoms with Crippen LogP contribution in [0.1, 0.15) is 18.3 Å². The Morgan fingerprint density at radius 3 is 2.63 bits per heavy atom. The number of aryl methyl sites for hydroxylation is 1. The number of benzene rings is 1. The molecule has 3 nitrogen and oxygen atoms in total. The van der Waals surface area contributed by atoms with Gasteiger partial charge in [0.15, 0.2) is 0 Å². The summed E-state index contributed by atoms with van der Waals surface area (Å²) in [7, 11) is 0. The van der Waals surface area contributed by atoms with E-state index in [1.807, 2.05) is 26.8 Å². The largest absolute Gasteiger partial charge is 0.370 e. The molecular weight excluding hydrogens is 261 g/mol. The smallest absolute Gasteiger partial charge is 0.137 e. The van der Waals surface area contributed by atoms with Crippen LogP contribution in [0.25, 0.3) is 0 Å². The quantitative estimate of drug-likeness (QED) is 0.862. The van der Waals surface area contributed by atoms with Crippen molar-refractivity contribution in [1.29, 1.82) is 0 Å². The molecule has 1 N–H and O–H groups in total. The highest BCUT2D eigenvalue weighted by Crippen LogP contribution is 2.32. The van der Waals surface area contributed by atoms with Crippen molar-refractivity contribution < 1.29 is 4.39 Å². The topological polar surface area (TPSA) is 37.8 Å². The summed E-state index contributed by atoms with van der Waals surface area (Å²) in [6.07, 6.45) is 0. The average Bonchev–Trinajstić information content (AvgIpc) is 2.38. The number of nitrogens with zero attached hydrogens (tertiary/aromatic N) is 2. The summed E-state index contributed by atoms with van der Waals surface area (Å²) in [4.78, 5) is 9.33. The van der Waals surface area contributed by atoms with Gasteiger partial charge in [0.25, 0.3) is 0 Å². The fraction of sp³-hybridized carbons (Fsp3) is 0.286. The van der Waals surface area contributed by atoms with E-state index in [0.29, 0.717) is 10.7 Å². The molecule has 0 aliphatic carbocycles. The Bertz CT molecular complexity index is 587. The number of halogens is 1. The van der Waals surface area contributed by atoms with Crippen molar-refractivity contribution >= 4 is 17.6 Å². The van der Waals surface area contributed by atoms with Gasteiger partial charge in [-0.25, -0.2) is 14.4 Å². The first-order valence-electron chi connectivity index (χ1n) is 6.13. The summed E-state index contributed by atoms with van der Waals surface area (Å²) in [6, 6.07) is 6.71. The maximum Gasteiger partial charge on any atom is 0.137 e. The van der Waals surface area contributed by atoms with Crippen molar-refractivity contribution in [3.63, 3.8) is 0 Å². The lowest BCUT2D eigenvalue weighted by Crippen LogP contribution is -2.05. The third-order valence-corrected chi connectivity index (χ3v) is 3.74. The summed E-state index contributed by atoms with van der Waals surface area (Å²) < 4.78 is 13.7. The Labute approximate surface area is 116 Å². The number of rotatable bonds is 4. The third-order valence-electron chi connectivity index (χ3n) is 2.60. The predicted molar refractivity (Wildman–Crippen MR) is 76.2 cm³/mol.